The highest BCUT2D eigenvalue weighted by Gasteiger charge is 2.53. The van der Waals surface area contributed by atoms with Crippen molar-refractivity contribution in [2.75, 3.05) is 0 Å². The third-order valence-corrected chi connectivity index (χ3v) is 6.89. The lowest BCUT2D eigenvalue weighted by atomic mass is 10.1. The number of rotatable bonds is 7. The first-order valence-corrected chi connectivity index (χ1v) is 13.3. The van der Waals surface area contributed by atoms with E-state index < -0.39 is 19.1 Å². The molecule has 22 heavy (non-hydrogen) atoms. The maximum atomic E-state index is 12.9. The largest absolute Gasteiger partial charge is 0.242 e. The summed E-state index contributed by atoms with van der Waals surface area (Å²) in [5, 5.41) is 0. The van der Waals surface area contributed by atoms with Crippen LogP contribution in [0, 0.1) is 0 Å². The standard InChI is InChI=1S/C18H35NOSSi/c1-9-11-12-15(10-2)17-16(13-14-22(6,7)8)19(17)21(20)18(3,4)5/h12-14,16-17H,9-11H2,1-8H3/b14-13+,15-12+/t16?,17?,19?,21-/m1/s1. The predicted octanol–water partition coefficient (Wildman–Crippen LogP) is 5.07. The molecule has 0 saturated carbocycles. The Morgan fingerprint density at radius 1 is 1.23 bits per heavy atom. The summed E-state index contributed by atoms with van der Waals surface area (Å²) in [4.78, 5) is 0. The first-order chi connectivity index (χ1) is 10.0. The van der Waals surface area contributed by atoms with E-state index >= 15 is 0 Å². The molecule has 1 aliphatic heterocycles. The molecule has 1 saturated heterocycles. The monoisotopic (exact) mass is 341 g/mol. The van der Waals surface area contributed by atoms with Gasteiger partial charge in [0.05, 0.1) is 24.9 Å². The Labute approximate surface area is 141 Å². The van der Waals surface area contributed by atoms with Gasteiger partial charge in [-0.2, -0.15) is 0 Å². The minimum absolute atomic E-state index is 0.191. The van der Waals surface area contributed by atoms with Crippen molar-refractivity contribution in [3.8, 4) is 0 Å². The second kappa shape index (κ2) is 7.58. The van der Waals surface area contributed by atoms with Gasteiger partial charge in [-0.1, -0.05) is 63.3 Å². The Bertz CT molecular complexity index is 457. The van der Waals surface area contributed by atoms with Gasteiger partial charge in [0.1, 0.15) is 11.0 Å². The van der Waals surface area contributed by atoms with Crippen molar-refractivity contribution in [3.05, 3.63) is 23.4 Å². The van der Waals surface area contributed by atoms with E-state index in [1.54, 1.807) is 0 Å². The molecule has 1 heterocycles. The third-order valence-electron chi connectivity index (χ3n) is 3.79. The highest BCUT2D eigenvalue weighted by atomic mass is 32.2. The van der Waals surface area contributed by atoms with Gasteiger partial charge in [0, 0.05) is 0 Å². The van der Waals surface area contributed by atoms with Gasteiger partial charge in [0.2, 0.25) is 0 Å². The van der Waals surface area contributed by atoms with Gasteiger partial charge in [0.25, 0.3) is 0 Å². The Morgan fingerprint density at radius 3 is 2.23 bits per heavy atom. The van der Waals surface area contributed by atoms with Crippen molar-refractivity contribution in [1.29, 1.82) is 0 Å². The average Bonchev–Trinajstić information content (AvgIpc) is 3.08. The molecule has 4 heteroatoms. The lowest BCUT2D eigenvalue weighted by molar-refractivity contribution is 0.604. The SMILES string of the molecule is CCC/C=C(\CC)C1C(/C=C/[Si](C)(C)C)N1[S@](=O)C(C)(C)C. The highest BCUT2D eigenvalue weighted by Crippen LogP contribution is 2.41. The minimum Gasteiger partial charge on any atom is -0.242 e. The summed E-state index contributed by atoms with van der Waals surface area (Å²) in [5.74, 6) is 0. The van der Waals surface area contributed by atoms with Crippen LogP contribution in [0.25, 0.3) is 0 Å². The highest BCUT2D eigenvalue weighted by molar-refractivity contribution is 7.84. The van der Waals surface area contributed by atoms with E-state index in [1.807, 2.05) is 0 Å². The van der Waals surface area contributed by atoms with Crippen molar-refractivity contribution in [3.63, 3.8) is 0 Å². The van der Waals surface area contributed by atoms with Crippen molar-refractivity contribution < 1.29 is 4.21 Å². The van der Waals surface area contributed by atoms with Gasteiger partial charge in [-0.05, 0) is 33.6 Å². The summed E-state index contributed by atoms with van der Waals surface area (Å²) < 4.78 is 14.9. The Hall–Kier alpha value is -0.193. The molecular formula is C18H35NOSSi. The molecule has 0 aromatic rings. The van der Waals surface area contributed by atoms with Crippen LogP contribution in [0.3, 0.4) is 0 Å². The van der Waals surface area contributed by atoms with Gasteiger partial charge < -0.3 is 0 Å². The zero-order chi connectivity index (χ0) is 17.1. The van der Waals surface area contributed by atoms with Crippen LogP contribution in [0.5, 0.6) is 0 Å². The van der Waals surface area contributed by atoms with E-state index in [9.17, 15) is 4.21 Å². The molecule has 0 bridgehead atoms. The topological polar surface area (TPSA) is 20.1 Å². The molecule has 1 rings (SSSR count). The second-order valence-electron chi connectivity index (χ2n) is 8.30. The molecule has 0 amide bonds. The maximum Gasteiger partial charge on any atom is 0.101 e. The lowest BCUT2D eigenvalue weighted by Crippen LogP contribution is -2.29. The van der Waals surface area contributed by atoms with Gasteiger partial charge >= 0.3 is 0 Å². The molecule has 0 aromatic heterocycles. The fourth-order valence-electron chi connectivity index (χ4n) is 2.52. The van der Waals surface area contributed by atoms with Crippen LogP contribution in [0.1, 0.15) is 53.9 Å². The van der Waals surface area contributed by atoms with Crippen LogP contribution in [0.4, 0.5) is 0 Å². The van der Waals surface area contributed by atoms with E-state index in [1.165, 1.54) is 12.0 Å². The van der Waals surface area contributed by atoms with Crippen LogP contribution in [0.2, 0.25) is 19.6 Å². The van der Waals surface area contributed by atoms with Crippen LogP contribution in [-0.2, 0) is 11.0 Å². The molecular weight excluding hydrogens is 306 g/mol. The first-order valence-electron chi connectivity index (χ1n) is 8.61. The number of unbranched alkanes of at least 4 members (excludes halogenated alkanes) is 1. The molecule has 0 radical (unpaired) electrons. The minimum atomic E-state index is -1.22. The van der Waals surface area contributed by atoms with Crippen LogP contribution < -0.4 is 0 Å². The summed E-state index contributed by atoms with van der Waals surface area (Å²) in [6.07, 6.45) is 8.06. The molecule has 2 nitrogen and oxygen atoms in total. The predicted molar refractivity (Wildman–Crippen MR) is 103 cm³/mol. The Balaban J connectivity index is 3.01. The maximum absolute atomic E-state index is 12.9. The summed E-state index contributed by atoms with van der Waals surface area (Å²) in [6, 6.07) is 0.680. The average molecular weight is 342 g/mol. The number of allylic oxidation sites excluding steroid dienone is 1. The zero-order valence-electron chi connectivity index (χ0n) is 15.8. The molecule has 1 fully saturated rings. The van der Waals surface area contributed by atoms with Crippen molar-refractivity contribution >= 4 is 19.1 Å². The molecule has 0 aliphatic carbocycles. The molecule has 4 atom stereocenters. The summed E-state index contributed by atoms with van der Waals surface area (Å²) in [5.41, 5.74) is 3.86. The number of nitrogens with zero attached hydrogens (tertiary/aromatic N) is 1. The summed E-state index contributed by atoms with van der Waals surface area (Å²) >= 11 is 0. The molecule has 3 unspecified atom stereocenters. The lowest BCUT2D eigenvalue weighted by Gasteiger charge is -2.19. The van der Waals surface area contributed by atoms with E-state index in [2.05, 4.69) is 76.4 Å². The molecule has 0 aromatic carbocycles. The van der Waals surface area contributed by atoms with Gasteiger partial charge in [-0.25, -0.2) is 8.51 Å². The number of hydrogen-bond acceptors (Lipinski definition) is 1. The zero-order valence-corrected chi connectivity index (χ0v) is 17.6. The van der Waals surface area contributed by atoms with Gasteiger partial charge in [-0.15, -0.1) is 0 Å². The van der Waals surface area contributed by atoms with Crippen LogP contribution in [0.15, 0.2) is 23.4 Å². The Kier molecular flexibility index (Phi) is 6.84. The Morgan fingerprint density at radius 2 is 1.82 bits per heavy atom. The molecule has 0 N–H and O–H groups in total. The fraction of sp³-hybridized carbons (Fsp3) is 0.778. The third kappa shape index (κ3) is 5.46. The fourth-order valence-corrected chi connectivity index (χ4v) is 4.75. The van der Waals surface area contributed by atoms with Crippen LogP contribution >= 0.6 is 0 Å². The summed E-state index contributed by atoms with van der Waals surface area (Å²) in [7, 11) is -2.15. The van der Waals surface area contributed by atoms with Crippen molar-refractivity contribution in [1.82, 2.24) is 4.31 Å². The quantitative estimate of drug-likeness (QED) is 0.359. The normalized spacial score (nSPS) is 28.2. The van der Waals surface area contributed by atoms with Gasteiger partial charge in [0.15, 0.2) is 0 Å². The molecule has 1 aliphatic rings. The van der Waals surface area contributed by atoms with Gasteiger partial charge in [-0.3, -0.25) is 0 Å². The van der Waals surface area contributed by atoms with Crippen LogP contribution in [-0.4, -0.2) is 33.4 Å². The molecule has 128 valence electrons. The molecule has 0 spiro atoms. The van der Waals surface area contributed by atoms with E-state index in [4.69, 9.17) is 0 Å². The number of hydrogen-bond donors (Lipinski definition) is 0. The van der Waals surface area contributed by atoms with E-state index in [-0.39, 0.29) is 4.75 Å². The smallest absolute Gasteiger partial charge is 0.101 e. The first kappa shape index (κ1) is 19.9. The van der Waals surface area contributed by atoms with E-state index in [0.717, 1.165) is 12.8 Å². The second-order valence-corrected chi connectivity index (χ2v) is 15.5. The van der Waals surface area contributed by atoms with E-state index in [0.29, 0.717) is 12.1 Å². The van der Waals surface area contributed by atoms with Crippen molar-refractivity contribution in [2.24, 2.45) is 0 Å². The van der Waals surface area contributed by atoms with Crippen molar-refractivity contribution in [2.45, 2.75) is 90.4 Å². The summed E-state index contributed by atoms with van der Waals surface area (Å²) in [6.45, 7) is 17.7.